The first-order valence-corrected chi connectivity index (χ1v) is 5.02. The zero-order chi connectivity index (χ0) is 11.5. The van der Waals surface area contributed by atoms with Gasteiger partial charge in [-0.25, -0.2) is 0 Å². The molecular weight excluding hydrogens is 188 g/mol. The monoisotopic (exact) mass is 206 g/mol. The van der Waals surface area contributed by atoms with Crippen LogP contribution in [0, 0.1) is 0 Å². The van der Waals surface area contributed by atoms with E-state index in [2.05, 4.69) is 5.32 Å². The fourth-order valence-corrected chi connectivity index (χ4v) is 1.35. The molecule has 0 saturated carbocycles. The largest absolute Gasteiger partial charge is 0.399 e. The minimum Gasteiger partial charge on any atom is -0.399 e. The van der Waals surface area contributed by atoms with Crippen molar-refractivity contribution in [2.45, 2.75) is 32.7 Å². The quantitative estimate of drug-likeness (QED) is 0.724. The Morgan fingerprint density at radius 2 is 2.07 bits per heavy atom. The van der Waals surface area contributed by atoms with E-state index in [-0.39, 0.29) is 11.4 Å². The number of nitrogens with one attached hydrogen (secondary N) is 1. The van der Waals surface area contributed by atoms with Crippen molar-refractivity contribution in [1.29, 1.82) is 0 Å². The molecule has 0 unspecified atom stereocenters. The van der Waals surface area contributed by atoms with Crippen LogP contribution in [0.4, 0.5) is 5.69 Å². The molecule has 0 aliphatic heterocycles. The summed E-state index contributed by atoms with van der Waals surface area (Å²) in [6.45, 7) is 5.89. The van der Waals surface area contributed by atoms with Gasteiger partial charge in [0.05, 0.1) is 6.42 Å². The van der Waals surface area contributed by atoms with Gasteiger partial charge < -0.3 is 11.1 Å². The molecule has 15 heavy (non-hydrogen) atoms. The molecule has 0 aromatic heterocycles. The Bertz CT molecular complexity index is 353. The number of anilines is 1. The summed E-state index contributed by atoms with van der Waals surface area (Å²) in [6, 6.07) is 7.39. The van der Waals surface area contributed by atoms with Crippen molar-refractivity contribution in [2.75, 3.05) is 5.73 Å². The fraction of sp³-hybridized carbons (Fsp3) is 0.417. The van der Waals surface area contributed by atoms with E-state index in [9.17, 15) is 4.79 Å². The Kier molecular flexibility index (Phi) is 3.35. The summed E-state index contributed by atoms with van der Waals surface area (Å²) in [4.78, 5) is 11.6. The van der Waals surface area contributed by atoms with E-state index in [1.807, 2.05) is 45.0 Å². The van der Waals surface area contributed by atoms with Crippen LogP contribution in [0.3, 0.4) is 0 Å². The fourth-order valence-electron chi connectivity index (χ4n) is 1.35. The number of carbonyl (C=O) groups excluding carboxylic acids is 1. The molecule has 0 heterocycles. The molecule has 0 aliphatic carbocycles. The highest BCUT2D eigenvalue weighted by Gasteiger charge is 2.13. The van der Waals surface area contributed by atoms with E-state index in [1.54, 1.807) is 0 Å². The van der Waals surface area contributed by atoms with Crippen LogP contribution in [0.15, 0.2) is 24.3 Å². The molecule has 0 saturated heterocycles. The van der Waals surface area contributed by atoms with Gasteiger partial charge in [0.1, 0.15) is 0 Å². The lowest BCUT2D eigenvalue weighted by molar-refractivity contribution is -0.121. The van der Waals surface area contributed by atoms with Gasteiger partial charge >= 0.3 is 0 Å². The third-order valence-corrected chi connectivity index (χ3v) is 1.83. The summed E-state index contributed by atoms with van der Waals surface area (Å²) >= 11 is 0. The zero-order valence-electron chi connectivity index (χ0n) is 9.50. The average Bonchev–Trinajstić information content (AvgIpc) is 1.99. The zero-order valence-corrected chi connectivity index (χ0v) is 9.50. The molecule has 0 spiro atoms. The van der Waals surface area contributed by atoms with Gasteiger partial charge in [0.25, 0.3) is 0 Å². The minimum atomic E-state index is -0.183. The Labute approximate surface area is 90.7 Å². The first-order valence-electron chi connectivity index (χ1n) is 5.02. The first-order chi connectivity index (χ1) is 6.87. The SMILES string of the molecule is CC(C)(C)NC(=O)Cc1cccc(N)c1. The summed E-state index contributed by atoms with van der Waals surface area (Å²) in [7, 11) is 0. The maximum absolute atomic E-state index is 11.6. The molecule has 0 atom stereocenters. The van der Waals surface area contributed by atoms with Crippen molar-refractivity contribution in [3.8, 4) is 0 Å². The number of hydrogen-bond donors (Lipinski definition) is 2. The van der Waals surface area contributed by atoms with Gasteiger partial charge in [-0.15, -0.1) is 0 Å². The highest BCUT2D eigenvalue weighted by molar-refractivity contribution is 5.79. The number of amides is 1. The highest BCUT2D eigenvalue weighted by atomic mass is 16.1. The normalized spacial score (nSPS) is 11.1. The van der Waals surface area contributed by atoms with Gasteiger partial charge in [0.15, 0.2) is 0 Å². The van der Waals surface area contributed by atoms with Crippen LogP contribution in [0.5, 0.6) is 0 Å². The lowest BCUT2D eigenvalue weighted by Gasteiger charge is -2.20. The predicted octanol–water partition coefficient (Wildman–Crippen LogP) is 1.73. The van der Waals surface area contributed by atoms with Crippen LogP contribution < -0.4 is 11.1 Å². The molecule has 0 radical (unpaired) electrons. The van der Waals surface area contributed by atoms with Crippen molar-refractivity contribution < 1.29 is 4.79 Å². The summed E-state index contributed by atoms with van der Waals surface area (Å²) < 4.78 is 0. The molecule has 1 aromatic carbocycles. The number of rotatable bonds is 2. The van der Waals surface area contributed by atoms with Crippen molar-refractivity contribution >= 4 is 11.6 Å². The van der Waals surface area contributed by atoms with Gasteiger partial charge in [-0.3, -0.25) is 4.79 Å². The number of nitrogen functional groups attached to an aromatic ring is 1. The second-order valence-corrected chi connectivity index (χ2v) is 4.72. The van der Waals surface area contributed by atoms with Crippen molar-refractivity contribution in [1.82, 2.24) is 5.32 Å². The Morgan fingerprint density at radius 3 is 2.60 bits per heavy atom. The van der Waals surface area contributed by atoms with Gasteiger partial charge in [-0.2, -0.15) is 0 Å². The van der Waals surface area contributed by atoms with Crippen LogP contribution in [0.2, 0.25) is 0 Å². The van der Waals surface area contributed by atoms with Crippen LogP contribution in [-0.4, -0.2) is 11.4 Å². The lowest BCUT2D eigenvalue weighted by Crippen LogP contribution is -2.41. The number of hydrogen-bond acceptors (Lipinski definition) is 2. The van der Waals surface area contributed by atoms with E-state index in [1.165, 1.54) is 0 Å². The maximum atomic E-state index is 11.6. The van der Waals surface area contributed by atoms with Crippen LogP contribution in [0.25, 0.3) is 0 Å². The van der Waals surface area contributed by atoms with Crippen molar-refractivity contribution in [3.05, 3.63) is 29.8 Å². The Balaban J connectivity index is 2.59. The molecule has 1 rings (SSSR count). The molecular formula is C12H18N2O. The second kappa shape index (κ2) is 4.34. The van der Waals surface area contributed by atoms with E-state index in [0.29, 0.717) is 12.1 Å². The summed E-state index contributed by atoms with van der Waals surface area (Å²) in [5.41, 5.74) is 7.08. The third kappa shape index (κ3) is 4.49. The van der Waals surface area contributed by atoms with E-state index >= 15 is 0 Å². The van der Waals surface area contributed by atoms with Crippen molar-refractivity contribution in [2.24, 2.45) is 0 Å². The predicted molar refractivity (Wildman–Crippen MR) is 62.5 cm³/mol. The molecule has 82 valence electrons. The van der Waals surface area contributed by atoms with Crippen LogP contribution >= 0.6 is 0 Å². The van der Waals surface area contributed by atoms with Gasteiger partial charge in [0, 0.05) is 11.2 Å². The number of nitrogens with two attached hydrogens (primary N) is 1. The van der Waals surface area contributed by atoms with E-state index in [0.717, 1.165) is 5.56 Å². The molecule has 0 fully saturated rings. The van der Waals surface area contributed by atoms with Crippen LogP contribution in [0.1, 0.15) is 26.3 Å². The third-order valence-electron chi connectivity index (χ3n) is 1.83. The molecule has 1 amide bonds. The van der Waals surface area contributed by atoms with E-state index < -0.39 is 0 Å². The van der Waals surface area contributed by atoms with Gasteiger partial charge in [0.2, 0.25) is 5.91 Å². The topological polar surface area (TPSA) is 55.1 Å². The molecule has 0 aliphatic rings. The standard InChI is InChI=1S/C12H18N2O/c1-12(2,3)14-11(15)8-9-5-4-6-10(13)7-9/h4-7H,8,13H2,1-3H3,(H,14,15). The van der Waals surface area contributed by atoms with Gasteiger partial charge in [-0.05, 0) is 38.5 Å². The molecule has 1 aromatic rings. The average molecular weight is 206 g/mol. The molecule has 3 heteroatoms. The number of benzene rings is 1. The van der Waals surface area contributed by atoms with Crippen molar-refractivity contribution in [3.63, 3.8) is 0 Å². The lowest BCUT2D eigenvalue weighted by atomic mass is 10.1. The summed E-state index contributed by atoms with van der Waals surface area (Å²) in [5, 5.41) is 2.91. The summed E-state index contributed by atoms with van der Waals surface area (Å²) in [6.07, 6.45) is 0.377. The molecule has 0 bridgehead atoms. The Morgan fingerprint density at radius 1 is 1.40 bits per heavy atom. The highest BCUT2D eigenvalue weighted by Crippen LogP contribution is 2.08. The Hall–Kier alpha value is -1.51. The smallest absolute Gasteiger partial charge is 0.224 e. The van der Waals surface area contributed by atoms with Gasteiger partial charge in [-0.1, -0.05) is 12.1 Å². The summed E-state index contributed by atoms with van der Waals surface area (Å²) in [5.74, 6) is 0.0214. The second-order valence-electron chi connectivity index (χ2n) is 4.72. The van der Waals surface area contributed by atoms with E-state index in [4.69, 9.17) is 5.73 Å². The number of carbonyl (C=O) groups is 1. The maximum Gasteiger partial charge on any atom is 0.224 e. The van der Waals surface area contributed by atoms with Crippen LogP contribution in [-0.2, 0) is 11.2 Å². The molecule has 3 nitrogen and oxygen atoms in total. The molecule has 3 N–H and O–H groups in total. The minimum absolute atomic E-state index is 0.0214. The first kappa shape index (κ1) is 11.6.